The Morgan fingerprint density at radius 1 is 0.962 bits per heavy atom. The zero-order valence-electron chi connectivity index (χ0n) is 15.3. The average Bonchev–Trinajstić information content (AvgIpc) is 3.04. The molecule has 0 bridgehead atoms. The molecule has 0 unspecified atom stereocenters. The van der Waals surface area contributed by atoms with Crippen LogP contribution in [0.4, 0.5) is 11.4 Å². The molecule has 0 spiro atoms. The van der Waals surface area contributed by atoms with Crippen LogP contribution >= 0.6 is 0 Å². The van der Waals surface area contributed by atoms with Crippen LogP contribution in [0, 0.1) is 0 Å². The summed E-state index contributed by atoms with van der Waals surface area (Å²) in [4.78, 5) is 11.6. The van der Waals surface area contributed by atoms with Crippen LogP contribution in [0.2, 0.25) is 0 Å². The molecule has 26 heavy (non-hydrogen) atoms. The van der Waals surface area contributed by atoms with E-state index < -0.39 is 0 Å². The minimum atomic E-state index is -0.0651. The van der Waals surface area contributed by atoms with E-state index in [-0.39, 0.29) is 15.0 Å². The van der Waals surface area contributed by atoms with Gasteiger partial charge in [0.05, 0.1) is 0 Å². The normalized spacial score (nSPS) is 16.7. The SMILES string of the molecule is CC(C)=N/N=C1\N=C(c2ccccc2)C(=Nc2ccc(N(C)C)cc2)[Se]1. The zero-order valence-corrected chi connectivity index (χ0v) is 17.1. The molecular formula is C20H21N5Se. The van der Waals surface area contributed by atoms with Crippen LogP contribution in [0.15, 0.2) is 74.8 Å². The van der Waals surface area contributed by atoms with Crippen LogP contribution < -0.4 is 4.90 Å². The average molecular weight is 410 g/mol. The summed E-state index contributed by atoms with van der Waals surface area (Å²) < 4.78 is 1.73. The van der Waals surface area contributed by atoms with Crippen LogP contribution in [0.5, 0.6) is 0 Å². The Bertz CT molecular complexity index is 890. The van der Waals surface area contributed by atoms with Gasteiger partial charge in [-0.2, -0.15) is 0 Å². The van der Waals surface area contributed by atoms with E-state index in [0.29, 0.717) is 0 Å². The molecule has 0 saturated carbocycles. The molecular weight excluding hydrogens is 389 g/mol. The van der Waals surface area contributed by atoms with Crippen molar-refractivity contribution in [3.8, 4) is 0 Å². The summed E-state index contributed by atoms with van der Waals surface area (Å²) in [6.45, 7) is 3.85. The van der Waals surface area contributed by atoms with E-state index in [0.717, 1.165) is 37.7 Å². The van der Waals surface area contributed by atoms with Crippen molar-refractivity contribution < 1.29 is 0 Å². The van der Waals surface area contributed by atoms with Gasteiger partial charge in [0.15, 0.2) is 0 Å². The number of hydrogen-bond donors (Lipinski definition) is 0. The van der Waals surface area contributed by atoms with E-state index in [4.69, 9.17) is 9.98 Å². The zero-order chi connectivity index (χ0) is 18.5. The van der Waals surface area contributed by atoms with E-state index in [2.05, 4.69) is 39.4 Å². The topological polar surface area (TPSA) is 52.7 Å². The molecule has 6 heteroatoms. The van der Waals surface area contributed by atoms with Crippen molar-refractivity contribution in [2.45, 2.75) is 13.8 Å². The monoisotopic (exact) mass is 411 g/mol. The number of benzene rings is 2. The van der Waals surface area contributed by atoms with Crippen molar-refractivity contribution in [2.75, 3.05) is 19.0 Å². The molecule has 0 radical (unpaired) electrons. The van der Waals surface area contributed by atoms with Gasteiger partial charge >= 0.3 is 160 Å². The van der Waals surface area contributed by atoms with E-state index in [1.807, 2.05) is 58.3 Å². The first kappa shape index (κ1) is 18.2. The van der Waals surface area contributed by atoms with Gasteiger partial charge in [0.2, 0.25) is 0 Å². The predicted molar refractivity (Wildman–Crippen MR) is 113 cm³/mol. The van der Waals surface area contributed by atoms with Crippen molar-refractivity contribution in [1.82, 2.24) is 0 Å². The van der Waals surface area contributed by atoms with Crippen LogP contribution in [-0.4, -0.2) is 49.8 Å². The van der Waals surface area contributed by atoms with Crippen molar-refractivity contribution in [3.63, 3.8) is 0 Å². The molecule has 1 heterocycles. The third kappa shape index (κ3) is 4.54. The van der Waals surface area contributed by atoms with Crippen LogP contribution in [0.3, 0.4) is 0 Å². The molecule has 0 atom stereocenters. The number of amidine groups is 1. The molecule has 0 aliphatic carbocycles. The first-order valence-electron chi connectivity index (χ1n) is 8.30. The summed E-state index contributed by atoms with van der Waals surface area (Å²) in [5.74, 6) is 0. The third-order valence-corrected chi connectivity index (χ3v) is 5.33. The summed E-state index contributed by atoms with van der Waals surface area (Å²) in [6, 6.07) is 18.3. The van der Waals surface area contributed by atoms with E-state index >= 15 is 0 Å². The molecule has 0 amide bonds. The Kier molecular flexibility index (Phi) is 5.76. The maximum atomic E-state index is 4.86. The fraction of sp³-hybridized carbons (Fsp3) is 0.200. The van der Waals surface area contributed by atoms with Gasteiger partial charge in [-0.3, -0.25) is 0 Å². The Morgan fingerprint density at radius 2 is 1.65 bits per heavy atom. The number of anilines is 1. The van der Waals surface area contributed by atoms with Gasteiger partial charge in [-0.25, -0.2) is 0 Å². The maximum absolute atomic E-state index is 4.86. The Morgan fingerprint density at radius 3 is 2.27 bits per heavy atom. The summed E-state index contributed by atoms with van der Waals surface area (Å²) in [5, 5.41) is 8.44. The van der Waals surface area contributed by atoms with E-state index in [9.17, 15) is 0 Å². The Hall–Kier alpha value is -2.56. The number of rotatable bonds is 4. The second-order valence-corrected chi connectivity index (χ2v) is 8.19. The molecule has 1 aliphatic rings. The van der Waals surface area contributed by atoms with Crippen LogP contribution in [0.1, 0.15) is 19.4 Å². The van der Waals surface area contributed by atoms with Gasteiger partial charge in [0.1, 0.15) is 0 Å². The second kappa shape index (κ2) is 8.21. The molecule has 2 aromatic carbocycles. The van der Waals surface area contributed by atoms with Gasteiger partial charge in [-0.05, 0) is 0 Å². The van der Waals surface area contributed by atoms with Gasteiger partial charge in [0.25, 0.3) is 0 Å². The predicted octanol–water partition coefficient (Wildman–Crippen LogP) is 3.74. The first-order valence-corrected chi connectivity index (χ1v) is 10.0. The molecule has 1 aliphatic heterocycles. The molecule has 0 saturated heterocycles. The second-order valence-electron chi connectivity index (χ2n) is 6.19. The van der Waals surface area contributed by atoms with Gasteiger partial charge < -0.3 is 0 Å². The molecule has 132 valence electrons. The quantitative estimate of drug-likeness (QED) is 0.430. The summed E-state index contributed by atoms with van der Waals surface area (Å²) in [7, 11) is 4.06. The molecule has 5 nitrogen and oxygen atoms in total. The minimum absolute atomic E-state index is 0.0651. The van der Waals surface area contributed by atoms with Gasteiger partial charge in [-0.15, -0.1) is 0 Å². The molecule has 0 N–H and O–H groups in total. The first-order chi connectivity index (χ1) is 12.5. The van der Waals surface area contributed by atoms with Gasteiger partial charge in [-0.1, -0.05) is 0 Å². The summed E-state index contributed by atoms with van der Waals surface area (Å²) >= 11 is -0.0651. The molecule has 0 aromatic heterocycles. The van der Waals surface area contributed by atoms with Crippen LogP contribution in [-0.2, 0) is 0 Å². The number of nitrogens with zero attached hydrogens (tertiary/aromatic N) is 5. The van der Waals surface area contributed by atoms with Gasteiger partial charge in [0, 0.05) is 0 Å². The molecule has 2 aromatic rings. The van der Waals surface area contributed by atoms with E-state index in [1.54, 1.807) is 0 Å². The standard InChI is InChI=1S/C20H21N5Se/c1-14(2)23-24-20-22-18(15-8-6-5-7-9-15)19(26-20)21-16-10-12-17(13-11-16)25(3)4/h5-13H,1-4H3/b21-19?,24-20+. The van der Waals surface area contributed by atoms with Crippen molar-refractivity contribution >= 4 is 47.1 Å². The Labute approximate surface area is 160 Å². The van der Waals surface area contributed by atoms with E-state index in [1.165, 1.54) is 0 Å². The number of aliphatic imine (C=N–C) groups is 2. The summed E-state index contributed by atoms with van der Waals surface area (Å²) in [6.07, 6.45) is 0. The van der Waals surface area contributed by atoms with Crippen LogP contribution in [0.25, 0.3) is 0 Å². The number of hydrogen-bond acceptors (Lipinski definition) is 4. The van der Waals surface area contributed by atoms with Crippen molar-refractivity contribution in [3.05, 3.63) is 60.2 Å². The van der Waals surface area contributed by atoms with Crippen molar-refractivity contribution in [1.29, 1.82) is 0 Å². The molecule has 3 rings (SSSR count). The fourth-order valence-corrected chi connectivity index (χ4v) is 3.97. The Balaban J connectivity index is 1.97. The van der Waals surface area contributed by atoms with Crippen molar-refractivity contribution in [2.24, 2.45) is 20.2 Å². The summed E-state index contributed by atoms with van der Waals surface area (Å²) in [5.41, 5.74) is 4.94. The third-order valence-electron chi connectivity index (χ3n) is 3.58. The fourth-order valence-electron chi connectivity index (χ4n) is 2.29. The molecule has 0 fully saturated rings.